The van der Waals surface area contributed by atoms with Crippen LogP contribution in [0.1, 0.15) is 31.3 Å². The summed E-state index contributed by atoms with van der Waals surface area (Å²) in [5.74, 6) is 0.445. The standard InChI is InChI=1S/C25H34N12O4/c1-34-9-5-14(6-10-34)36(8-3-4-17-29-32-33-30-17)24(40)21-19(38)20(39)25(41-21)37-12-15(16-7-11-35(2)31-16)18-22(26)27-13-28-23(18)37/h7,11-14,19-21,25,38-39H,3-6,8-10H2,1-2H3,(H2,26,27,28)(H,29,30,32,33)/t19-,20+,21-,25+/m0/s1. The summed E-state index contributed by atoms with van der Waals surface area (Å²) in [4.78, 5) is 26.5. The maximum Gasteiger partial charge on any atom is 0.254 e. The predicted octanol–water partition coefficient (Wildman–Crippen LogP) is -0.898. The largest absolute Gasteiger partial charge is 0.387 e. The van der Waals surface area contributed by atoms with Gasteiger partial charge in [-0.25, -0.2) is 9.97 Å². The number of amides is 1. The number of aromatic amines is 1. The monoisotopic (exact) mass is 566 g/mol. The zero-order valence-corrected chi connectivity index (χ0v) is 22.9. The molecule has 2 aliphatic heterocycles. The molecule has 2 aliphatic rings. The second kappa shape index (κ2) is 11.1. The van der Waals surface area contributed by atoms with Gasteiger partial charge in [0.2, 0.25) is 0 Å². The number of anilines is 1. The highest BCUT2D eigenvalue weighted by molar-refractivity contribution is 5.99. The van der Waals surface area contributed by atoms with E-state index in [0.29, 0.717) is 47.5 Å². The van der Waals surface area contributed by atoms with Crippen molar-refractivity contribution in [1.29, 1.82) is 0 Å². The number of hydrogen-bond acceptors (Lipinski definition) is 12. The number of aliphatic hydroxyl groups excluding tert-OH is 2. The summed E-state index contributed by atoms with van der Waals surface area (Å²) in [5, 5.41) is 41.4. The maximum atomic E-state index is 14.0. The van der Waals surface area contributed by atoms with Crippen molar-refractivity contribution in [1.82, 2.24) is 54.7 Å². The number of nitrogens with zero attached hydrogens (tertiary/aromatic N) is 10. The summed E-state index contributed by atoms with van der Waals surface area (Å²) >= 11 is 0. The summed E-state index contributed by atoms with van der Waals surface area (Å²) in [6.07, 6.45) is 2.37. The number of nitrogens with two attached hydrogens (primary N) is 1. The van der Waals surface area contributed by atoms with E-state index < -0.39 is 24.5 Å². The number of piperidine rings is 1. The number of rotatable bonds is 8. The van der Waals surface area contributed by atoms with Gasteiger partial charge in [-0.3, -0.25) is 9.48 Å². The third-order valence-electron chi connectivity index (χ3n) is 7.98. The summed E-state index contributed by atoms with van der Waals surface area (Å²) in [6.45, 7) is 2.13. The molecule has 0 bridgehead atoms. The Kier molecular flexibility index (Phi) is 7.37. The predicted molar refractivity (Wildman–Crippen MR) is 145 cm³/mol. The van der Waals surface area contributed by atoms with Crippen LogP contribution in [0.25, 0.3) is 22.3 Å². The van der Waals surface area contributed by atoms with Crippen molar-refractivity contribution < 1.29 is 19.7 Å². The second-order valence-electron chi connectivity index (χ2n) is 10.7. The molecule has 2 fully saturated rings. The average Bonchev–Trinajstić information content (AvgIpc) is 3.76. The zero-order chi connectivity index (χ0) is 28.7. The summed E-state index contributed by atoms with van der Waals surface area (Å²) in [6, 6.07) is 1.80. The van der Waals surface area contributed by atoms with E-state index in [2.05, 4.69) is 47.6 Å². The van der Waals surface area contributed by atoms with Gasteiger partial charge in [0.1, 0.15) is 30.0 Å². The molecule has 0 aliphatic carbocycles. The Bertz CT molecular complexity index is 1500. The number of nitrogens with one attached hydrogen (secondary N) is 1. The first-order chi connectivity index (χ1) is 19.8. The Hall–Kier alpha value is -3.99. The van der Waals surface area contributed by atoms with Crippen LogP contribution in [0, 0.1) is 0 Å². The van der Waals surface area contributed by atoms with Crippen molar-refractivity contribution in [3.8, 4) is 11.3 Å². The van der Waals surface area contributed by atoms with E-state index in [1.807, 2.05) is 6.07 Å². The van der Waals surface area contributed by atoms with Crippen molar-refractivity contribution in [2.24, 2.45) is 7.05 Å². The number of hydrogen-bond donors (Lipinski definition) is 4. The number of tetrazole rings is 1. The summed E-state index contributed by atoms with van der Waals surface area (Å²) in [7, 11) is 3.86. The van der Waals surface area contributed by atoms with Gasteiger partial charge in [-0.2, -0.15) is 10.3 Å². The Morgan fingerprint density at radius 1 is 1.22 bits per heavy atom. The number of nitrogen functional groups attached to an aromatic ring is 1. The minimum absolute atomic E-state index is 0.0216. The van der Waals surface area contributed by atoms with E-state index in [0.717, 1.165) is 25.9 Å². The van der Waals surface area contributed by atoms with Gasteiger partial charge in [0, 0.05) is 44.0 Å². The van der Waals surface area contributed by atoms with Gasteiger partial charge in [-0.05, 0) is 45.5 Å². The van der Waals surface area contributed by atoms with Crippen molar-refractivity contribution in [2.45, 2.75) is 56.3 Å². The molecular formula is C25H34N12O4. The number of likely N-dealkylation sites (tertiary alicyclic amines) is 1. The van der Waals surface area contributed by atoms with Crippen LogP contribution in [0.3, 0.4) is 0 Å². The number of carbonyl (C=O) groups is 1. The van der Waals surface area contributed by atoms with Crippen LogP contribution in [0.5, 0.6) is 0 Å². The molecule has 2 saturated heterocycles. The highest BCUT2D eigenvalue weighted by Crippen LogP contribution is 2.38. The van der Waals surface area contributed by atoms with E-state index in [9.17, 15) is 15.0 Å². The van der Waals surface area contributed by atoms with Gasteiger partial charge in [0.05, 0.1) is 11.1 Å². The van der Waals surface area contributed by atoms with Crippen molar-refractivity contribution in [3.05, 3.63) is 30.6 Å². The van der Waals surface area contributed by atoms with Crippen molar-refractivity contribution in [3.63, 3.8) is 0 Å². The molecule has 0 spiro atoms. The highest BCUT2D eigenvalue weighted by Gasteiger charge is 2.49. The van der Waals surface area contributed by atoms with E-state index in [1.165, 1.54) is 6.33 Å². The number of H-pyrrole nitrogens is 1. The molecule has 4 aromatic heterocycles. The number of aryl methyl sites for hydroxylation is 2. The first-order valence-electron chi connectivity index (χ1n) is 13.7. The van der Waals surface area contributed by atoms with Crippen LogP contribution >= 0.6 is 0 Å². The van der Waals surface area contributed by atoms with Crippen LogP contribution in [0.15, 0.2) is 24.8 Å². The first kappa shape index (κ1) is 27.2. The second-order valence-corrected chi connectivity index (χ2v) is 10.7. The smallest absolute Gasteiger partial charge is 0.254 e. The molecule has 4 atom stereocenters. The molecule has 6 heterocycles. The van der Waals surface area contributed by atoms with E-state index in [1.54, 1.807) is 33.6 Å². The maximum absolute atomic E-state index is 14.0. The van der Waals surface area contributed by atoms with Crippen LogP contribution in [-0.4, -0.2) is 122 Å². The molecule has 41 heavy (non-hydrogen) atoms. The molecule has 0 aromatic carbocycles. The van der Waals surface area contributed by atoms with Gasteiger partial charge < -0.3 is 35.1 Å². The third kappa shape index (κ3) is 5.14. The van der Waals surface area contributed by atoms with E-state index in [-0.39, 0.29) is 17.8 Å². The number of carbonyl (C=O) groups excluding carboxylic acids is 1. The molecule has 4 aromatic rings. The number of fused-ring (bicyclic) bond motifs is 1. The minimum atomic E-state index is -1.45. The third-order valence-corrected chi connectivity index (χ3v) is 7.98. The van der Waals surface area contributed by atoms with Gasteiger partial charge in [0.15, 0.2) is 18.2 Å². The van der Waals surface area contributed by atoms with E-state index in [4.69, 9.17) is 10.5 Å². The summed E-state index contributed by atoms with van der Waals surface area (Å²) < 4.78 is 9.43. The lowest BCUT2D eigenvalue weighted by atomic mass is 10.0. The van der Waals surface area contributed by atoms with Crippen LogP contribution in [-0.2, 0) is 23.0 Å². The van der Waals surface area contributed by atoms with Crippen molar-refractivity contribution >= 4 is 22.8 Å². The molecule has 16 nitrogen and oxygen atoms in total. The topological polar surface area (TPSA) is 202 Å². The molecule has 218 valence electrons. The Labute approximate surface area is 235 Å². The molecule has 0 unspecified atom stereocenters. The molecule has 1 amide bonds. The fraction of sp³-hybridized carbons (Fsp3) is 0.560. The lowest BCUT2D eigenvalue weighted by Gasteiger charge is -2.38. The fourth-order valence-corrected chi connectivity index (χ4v) is 5.79. The Morgan fingerprint density at radius 2 is 2.02 bits per heavy atom. The lowest BCUT2D eigenvalue weighted by Crippen LogP contribution is -2.52. The van der Waals surface area contributed by atoms with Gasteiger partial charge in [0.25, 0.3) is 5.91 Å². The molecule has 6 rings (SSSR count). The quantitative estimate of drug-likeness (QED) is 0.205. The molecule has 0 saturated carbocycles. The van der Waals surface area contributed by atoms with Crippen LogP contribution < -0.4 is 5.73 Å². The van der Waals surface area contributed by atoms with Gasteiger partial charge in [-0.15, -0.1) is 10.2 Å². The van der Waals surface area contributed by atoms with Gasteiger partial charge in [-0.1, -0.05) is 5.21 Å². The van der Waals surface area contributed by atoms with Crippen LogP contribution in [0.2, 0.25) is 0 Å². The average molecular weight is 567 g/mol. The molecular weight excluding hydrogens is 532 g/mol. The number of aromatic nitrogens is 9. The van der Waals surface area contributed by atoms with Crippen LogP contribution in [0.4, 0.5) is 5.82 Å². The Morgan fingerprint density at radius 3 is 2.73 bits per heavy atom. The molecule has 16 heteroatoms. The minimum Gasteiger partial charge on any atom is -0.387 e. The molecule has 0 radical (unpaired) electrons. The van der Waals surface area contributed by atoms with E-state index >= 15 is 0 Å². The number of aliphatic hydroxyl groups is 2. The Balaban J connectivity index is 1.28. The van der Waals surface area contributed by atoms with Crippen molar-refractivity contribution in [2.75, 3.05) is 32.4 Å². The van der Waals surface area contributed by atoms with Gasteiger partial charge >= 0.3 is 0 Å². The highest BCUT2D eigenvalue weighted by atomic mass is 16.6. The zero-order valence-electron chi connectivity index (χ0n) is 22.9. The molecule has 5 N–H and O–H groups in total. The SMILES string of the molecule is CN1CCC(N(CCCc2nn[nH]n2)C(=O)[C@H]2O[C@@H](n3cc(-c4ccn(C)n4)c4c(N)ncnc43)[C@H](O)[C@@H]2O)CC1. The summed E-state index contributed by atoms with van der Waals surface area (Å²) in [5.41, 5.74) is 7.91. The fourth-order valence-electron chi connectivity index (χ4n) is 5.79. The first-order valence-corrected chi connectivity index (χ1v) is 13.7. The number of ether oxygens (including phenoxy) is 1. The normalized spacial score (nSPS) is 23.9. The lowest BCUT2D eigenvalue weighted by molar-refractivity contribution is -0.152.